The molecule has 0 aliphatic heterocycles. The summed E-state index contributed by atoms with van der Waals surface area (Å²) in [5.41, 5.74) is 1.51. The maximum absolute atomic E-state index is 14.8. The van der Waals surface area contributed by atoms with Crippen molar-refractivity contribution in [2.75, 3.05) is 5.32 Å². The third-order valence-electron chi connectivity index (χ3n) is 5.58. The molecular weight excluding hydrogens is 533 g/mol. The molecule has 13 nitrogen and oxygen atoms in total. The number of aromatic carboxylic acids is 1. The molecule has 4 rings (SSSR count). The van der Waals surface area contributed by atoms with E-state index in [1.807, 2.05) is 6.92 Å². The molecule has 0 aliphatic carbocycles. The van der Waals surface area contributed by atoms with Crippen LogP contribution >= 0.6 is 11.6 Å². The topological polar surface area (TPSA) is 170 Å². The van der Waals surface area contributed by atoms with Crippen molar-refractivity contribution in [1.82, 2.24) is 40.3 Å². The molecule has 2 amide bonds. The van der Waals surface area contributed by atoms with Crippen molar-refractivity contribution >= 4 is 41.3 Å². The van der Waals surface area contributed by atoms with Gasteiger partial charge in [-0.2, -0.15) is 9.78 Å². The SMILES string of the molecule is Cc1cc(C[C@H](NC(=O)/C=C/c2c(-n3cnnn3)ccc(Cl)c2F)C(=O)Nc2ccc(C(=O)O)cn2)nn1C. The molecule has 200 valence electrons. The normalized spacial score (nSPS) is 11.9. The summed E-state index contributed by atoms with van der Waals surface area (Å²) in [6.45, 7) is 1.84. The van der Waals surface area contributed by atoms with Gasteiger partial charge in [0, 0.05) is 37.0 Å². The highest BCUT2D eigenvalue weighted by Crippen LogP contribution is 2.25. The van der Waals surface area contributed by atoms with E-state index in [4.69, 9.17) is 16.7 Å². The van der Waals surface area contributed by atoms with Crippen LogP contribution in [0.25, 0.3) is 11.8 Å². The van der Waals surface area contributed by atoms with E-state index in [2.05, 4.69) is 36.2 Å². The van der Waals surface area contributed by atoms with Crippen molar-refractivity contribution in [2.45, 2.75) is 19.4 Å². The van der Waals surface area contributed by atoms with Gasteiger partial charge in [0.25, 0.3) is 0 Å². The standard InChI is InChI=1S/C24H21ClFN9O4/c1-13-9-15(31-34(13)2)10-18(23(37)30-20-7-3-14(11-27-20)24(38)39)29-21(36)8-4-16-19(35-12-28-32-33-35)6-5-17(25)22(16)26/h3-9,11-12,18H,10H2,1-2H3,(H,29,36)(H,38,39)(H,27,30,37)/b8-4+/t18-/m0/s1. The maximum Gasteiger partial charge on any atom is 0.337 e. The molecule has 0 saturated carbocycles. The van der Waals surface area contributed by atoms with E-state index in [1.165, 1.54) is 41.4 Å². The number of carboxylic acid groups (broad SMARTS) is 1. The van der Waals surface area contributed by atoms with Crippen molar-refractivity contribution in [3.63, 3.8) is 0 Å². The average Bonchev–Trinajstić information content (AvgIpc) is 3.54. The second kappa shape index (κ2) is 11.6. The van der Waals surface area contributed by atoms with Crippen LogP contribution in [0.1, 0.15) is 27.3 Å². The second-order valence-electron chi connectivity index (χ2n) is 8.27. The number of anilines is 1. The van der Waals surface area contributed by atoms with Gasteiger partial charge in [-0.1, -0.05) is 11.6 Å². The van der Waals surface area contributed by atoms with Crippen molar-refractivity contribution < 1.29 is 23.9 Å². The summed E-state index contributed by atoms with van der Waals surface area (Å²) in [7, 11) is 1.74. The predicted octanol–water partition coefficient (Wildman–Crippen LogP) is 1.97. The Morgan fingerprint density at radius 3 is 2.64 bits per heavy atom. The van der Waals surface area contributed by atoms with Gasteiger partial charge in [-0.05, 0) is 53.8 Å². The Balaban J connectivity index is 1.56. The minimum atomic E-state index is -1.16. The largest absolute Gasteiger partial charge is 0.478 e. The molecule has 39 heavy (non-hydrogen) atoms. The highest BCUT2D eigenvalue weighted by molar-refractivity contribution is 6.31. The molecule has 1 atom stereocenters. The first-order valence-electron chi connectivity index (χ1n) is 11.3. The number of tetrazole rings is 1. The van der Waals surface area contributed by atoms with Crippen molar-refractivity contribution in [2.24, 2.45) is 7.05 Å². The number of rotatable bonds is 9. The molecule has 0 saturated heterocycles. The maximum atomic E-state index is 14.8. The summed E-state index contributed by atoms with van der Waals surface area (Å²) in [6, 6.07) is 6.08. The Morgan fingerprint density at radius 2 is 2.03 bits per heavy atom. The van der Waals surface area contributed by atoms with Crippen molar-refractivity contribution in [3.05, 3.63) is 82.3 Å². The first-order valence-corrected chi connectivity index (χ1v) is 11.7. The van der Waals surface area contributed by atoms with Gasteiger partial charge < -0.3 is 15.7 Å². The highest BCUT2D eigenvalue weighted by atomic mass is 35.5. The number of amides is 2. The van der Waals surface area contributed by atoms with Crippen LogP contribution in [0.2, 0.25) is 5.02 Å². The molecule has 1 aromatic carbocycles. The van der Waals surface area contributed by atoms with E-state index in [0.29, 0.717) is 5.69 Å². The quantitative estimate of drug-likeness (QED) is 0.262. The van der Waals surface area contributed by atoms with Gasteiger partial charge >= 0.3 is 5.97 Å². The number of hydrogen-bond acceptors (Lipinski definition) is 8. The number of pyridine rings is 1. The van der Waals surface area contributed by atoms with Crippen LogP contribution < -0.4 is 10.6 Å². The fraction of sp³-hybridized carbons (Fsp3) is 0.167. The molecule has 3 N–H and O–H groups in total. The molecule has 0 bridgehead atoms. The van der Waals surface area contributed by atoms with E-state index < -0.39 is 29.6 Å². The van der Waals surface area contributed by atoms with Crippen molar-refractivity contribution in [1.29, 1.82) is 0 Å². The lowest BCUT2D eigenvalue weighted by Crippen LogP contribution is -2.45. The number of hydrogen-bond donors (Lipinski definition) is 3. The summed E-state index contributed by atoms with van der Waals surface area (Å²) in [6.07, 6.45) is 4.62. The fourth-order valence-corrected chi connectivity index (χ4v) is 3.69. The van der Waals surface area contributed by atoms with Crippen molar-refractivity contribution in [3.8, 4) is 5.69 Å². The van der Waals surface area contributed by atoms with Crippen LogP contribution in [0.5, 0.6) is 0 Å². The summed E-state index contributed by atoms with van der Waals surface area (Å²) in [4.78, 5) is 41.0. The van der Waals surface area contributed by atoms with Gasteiger partial charge in [0.1, 0.15) is 18.2 Å². The molecule has 3 heterocycles. The van der Waals surface area contributed by atoms with Crippen LogP contribution in [0.15, 0.2) is 48.9 Å². The van der Waals surface area contributed by atoms with E-state index in [1.54, 1.807) is 17.8 Å². The van der Waals surface area contributed by atoms with Gasteiger partial charge in [-0.3, -0.25) is 14.3 Å². The molecule has 0 spiro atoms. The van der Waals surface area contributed by atoms with Gasteiger partial charge in [0.15, 0.2) is 5.82 Å². The Kier molecular flexibility index (Phi) is 8.05. The number of carboxylic acids is 1. The second-order valence-corrected chi connectivity index (χ2v) is 8.68. The molecular formula is C24H21ClFN9O4. The van der Waals surface area contributed by atoms with Gasteiger partial charge in [-0.25, -0.2) is 14.2 Å². The molecule has 3 aromatic heterocycles. The Morgan fingerprint density at radius 1 is 1.23 bits per heavy atom. The third kappa shape index (κ3) is 6.48. The average molecular weight is 554 g/mol. The van der Waals surface area contributed by atoms with Gasteiger partial charge in [0.2, 0.25) is 11.8 Å². The monoisotopic (exact) mass is 553 g/mol. The minimum Gasteiger partial charge on any atom is -0.478 e. The number of nitrogens with zero attached hydrogens (tertiary/aromatic N) is 7. The fourth-order valence-electron chi connectivity index (χ4n) is 3.53. The lowest BCUT2D eigenvalue weighted by atomic mass is 10.1. The lowest BCUT2D eigenvalue weighted by molar-refractivity contribution is -0.123. The first-order chi connectivity index (χ1) is 18.6. The zero-order chi connectivity index (χ0) is 28.1. The zero-order valence-corrected chi connectivity index (χ0v) is 21.3. The third-order valence-corrected chi connectivity index (χ3v) is 5.87. The number of nitrogens with one attached hydrogen (secondary N) is 2. The lowest BCUT2D eigenvalue weighted by Gasteiger charge is -2.16. The van der Waals surface area contributed by atoms with Crippen LogP contribution in [0.4, 0.5) is 10.2 Å². The van der Waals surface area contributed by atoms with Crippen LogP contribution in [-0.4, -0.2) is 63.9 Å². The Bertz CT molecular complexity index is 1530. The molecule has 15 heteroatoms. The summed E-state index contributed by atoms with van der Waals surface area (Å²) in [5, 5.41) is 29.1. The van der Waals surface area contributed by atoms with E-state index in [9.17, 15) is 18.8 Å². The van der Waals surface area contributed by atoms with E-state index in [0.717, 1.165) is 18.0 Å². The molecule has 0 aliphatic rings. The number of carbonyl (C=O) groups is 3. The first kappa shape index (κ1) is 27.1. The number of aryl methyl sites for hydroxylation is 2. The van der Waals surface area contributed by atoms with Crippen LogP contribution in [-0.2, 0) is 23.1 Å². The van der Waals surface area contributed by atoms with Gasteiger partial charge in [0.05, 0.1) is 22.0 Å². The van der Waals surface area contributed by atoms with Crippen LogP contribution in [0.3, 0.4) is 0 Å². The number of benzene rings is 1. The minimum absolute atomic E-state index is 0.0295. The summed E-state index contributed by atoms with van der Waals surface area (Å²) >= 11 is 5.93. The molecule has 4 aromatic rings. The molecule has 0 radical (unpaired) electrons. The Labute approximate surface area is 225 Å². The summed E-state index contributed by atoms with van der Waals surface area (Å²) < 4.78 is 17.7. The number of carbonyl (C=O) groups excluding carboxylic acids is 2. The molecule has 0 fully saturated rings. The number of aromatic nitrogens is 7. The Hall–Kier alpha value is -4.98. The number of halogens is 2. The van der Waals surface area contributed by atoms with Crippen LogP contribution in [0, 0.1) is 12.7 Å². The molecule has 0 unspecified atom stereocenters. The predicted molar refractivity (Wildman–Crippen MR) is 137 cm³/mol. The van der Waals surface area contributed by atoms with Gasteiger partial charge in [-0.15, -0.1) is 5.10 Å². The smallest absolute Gasteiger partial charge is 0.337 e. The summed E-state index contributed by atoms with van der Waals surface area (Å²) in [5.74, 6) is -3.20. The zero-order valence-electron chi connectivity index (χ0n) is 20.5. The highest BCUT2D eigenvalue weighted by Gasteiger charge is 2.23. The van der Waals surface area contributed by atoms with E-state index in [-0.39, 0.29) is 34.1 Å². The van der Waals surface area contributed by atoms with E-state index >= 15 is 0 Å².